The van der Waals surface area contributed by atoms with E-state index >= 15 is 0 Å². The van der Waals surface area contributed by atoms with E-state index in [-0.39, 0.29) is 70.2 Å². The molecule has 16 rings (SSSR count). The second-order valence-corrected chi connectivity index (χ2v) is 39.5. The molecule has 688 valence electrons. The monoisotopic (exact) mass is 1720 g/mol. The Morgan fingerprint density at radius 1 is 0.472 bits per heavy atom. The minimum Gasteiger partial charge on any atom is -0.508 e. The van der Waals surface area contributed by atoms with Crippen LogP contribution >= 0.6 is 0 Å². The quantitative estimate of drug-likeness (QED) is 0.0152. The molecular formula is C109H156O16. The molecule has 1 heterocycles. The lowest BCUT2D eigenvalue weighted by molar-refractivity contribution is -0.211. The van der Waals surface area contributed by atoms with Crippen molar-refractivity contribution in [2.75, 3.05) is 19.8 Å². The molecule has 0 aromatic heterocycles. The van der Waals surface area contributed by atoms with Crippen molar-refractivity contribution in [3.63, 3.8) is 0 Å². The second kappa shape index (κ2) is 48.6. The molecule has 7 unspecified atom stereocenters. The first kappa shape index (κ1) is 102. The number of rotatable bonds is 29. The predicted octanol–water partition coefficient (Wildman–Crippen LogP) is 27.1. The Labute approximate surface area is 751 Å². The van der Waals surface area contributed by atoms with Crippen LogP contribution in [0.3, 0.4) is 0 Å². The van der Waals surface area contributed by atoms with Crippen LogP contribution in [0.15, 0.2) is 158 Å². The smallest absolute Gasteiger partial charge is 0.347 e. The summed E-state index contributed by atoms with van der Waals surface area (Å²) in [6, 6.07) is 50.9. The third-order valence-corrected chi connectivity index (χ3v) is 28.8. The second-order valence-electron chi connectivity index (χ2n) is 39.5. The summed E-state index contributed by atoms with van der Waals surface area (Å²) in [5.74, 6) is 9.57. The average molecular weight is 1720 g/mol. The molecule has 6 aromatic carbocycles. The molecule has 16 nitrogen and oxygen atoms in total. The van der Waals surface area contributed by atoms with E-state index in [4.69, 9.17) is 47.7 Å². The van der Waals surface area contributed by atoms with Gasteiger partial charge in [-0.2, -0.15) is 0 Å². The van der Waals surface area contributed by atoms with Crippen molar-refractivity contribution < 1.29 is 76.5 Å². The van der Waals surface area contributed by atoms with Crippen LogP contribution in [-0.4, -0.2) is 84.3 Å². The molecule has 9 aliphatic carbocycles. The van der Waals surface area contributed by atoms with E-state index in [1.54, 1.807) is 38.1 Å². The average Bonchev–Trinajstić information content (AvgIpc) is 1.04. The molecule has 1 saturated heterocycles. The van der Waals surface area contributed by atoms with Gasteiger partial charge in [0.25, 0.3) is 0 Å². The summed E-state index contributed by atoms with van der Waals surface area (Å²) in [5, 5.41) is 9.01. The highest BCUT2D eigenvalue weighted by Gasteiger charge is 2.58. The van der Waals surface area contributed by atoms with Crippen molar-refractivity contribution in [3.05, 3.63) is 191 Å². The van der Waals surface area contributed by atoms with Gasteiger partial charge in [0.15, 0.2) is 6.29 Å². The Hall–Kier alpha value is -8.50. The summed E-state index contributed by atoms with van der Waals surface area (Å²) in [7, 11) is 0. The molecule has 8 bridgehead atoms. The molecule has 0 amide bonds. The summed E-state index contributed by atoms with van der Waals surface area (Å²) in [5.41, 5.74) is 5.54. The molecule has 1 aliphatic heterocycles. The molecule has 0 radical (unpaired) electrons. The summed E-state index contributed by atoms with van der Waals surface area (Å²) in [6.07, 6.45) is 26.9. The van der Waals surface area contributed by atoms with Gasteiger partial charge in [-0.25, -0.2) is 9.59 Å². The lowest BCUT2D eigenvalue weighted by Gasteiger charge is -2.59. The summed E-state index contributed by atoms with van der Waals surface area (Å²) >= 11 is 0. The number of phenols is 1. The van der Waals surface area contributed by atoms with Gasteiger partial charge in [0.1, 0.15) is 46.9 Å². The summed E-state index contributed by atoms with van der Waals surface area (Å²) < 4.78 is 50.0. The minimum atomic E-state index is -0.687. The summed E-state index contributed by atoms with van der Waals surface area (Å²) in [4.78, 5) is 70.8. The minimum absolute atomic E-state index is 0.0174. The molecular weight excluding hydrogens is 1570 g/mol. The zero-order valence-electron chi connectivity index (χ0n) is 79.8. The van der Waals surface area contributed by atoms with Gasteiger partial charge >= 0.3 is 35.8 Å². The lowest BCUT2D eigenvalue weighted by atomic mass is 9.50. The maximum atomic E-state index is 12.5. The van der Waals surface area contributed by atoms with Crippen LogP contribution < -0.4 is 14.2 Å². The Morgan fingerprint density at radius 2 is 0.912 bits per heavy atom. The van der Waals surface area contributed by atoms with Gasteiger partial charge in [-0.05, 0) is 344 Å². The van der Waals surface area contributed by atoms with Crippen molar-refractivity contribution in [1.29, 1.82) is 0 Å². The number of hydrogen-bond donors (Lipinski definition) is 1. The first-order valence-electron chi connectivity index (χ1n) is 47.9. The molecule has 10 aliphatic rings. The Bertz CT molecular complexity index is 4160. The first-order chi connectivity index (χ1) is 59.5. The van der Waals surface area contributed by atoms with Crippen LogP contribution in [0.25, 0.3) is 0 Å². The number of phenolic OH excluding ortho intramolecular Hbond substituents is 1. The maximum absolute atomic E-state index is 12.5. The third kappa shape index (κ3) is 30.6. The van der Waals surface area contributed by atoms with Gasteiger partial charge in [0.2, 0.25) is 6.10 Å². The fraction of sp³-hybridized carbons (Fsp3) is 0.615. The molecule has 16 heteroatoms. The van der Waals surface area contributed by atoms with Gasteiger partial charge in [0.05, 0.1) is 40.9 Å². The fourth-order valence-corrected chi connectivity index (χ4v) is 18.5. The van der Waals surface area contributed by atoms with Crippen molar-refractivity contribution in [1.82, 2.24) is 0 Å². The highest BCUT2D eigenvalue weighted by Crippen LogP contribution is 2.61. The largest absolute Gasteiger partial charge is 0.508 e. The fourth-order valence-electron chi connectivity index (χ4n) is 18.5. The van der Waals surface area contributed by atoms with Crippen molar-refractivity contribution >= 4 is 35.8 Å². The van der Waals surface area contributed by atoms with E-state index < -0.39 is 17.5 Å². The molecule has 9 saturated carbocycles. The van der Waals surface area contributed by atoms with E-state index in [0.29, 0.717) is 79.3 Å². The number of ether oxygens (including phenoxy) is 9. The number of esters is 6. The van der Waals surface area contributed by atoms with Gasteiger partial charge in [0, 0.05) is 6.42 Å². The van der Waals surface area contributed by atoms with E-state index in [2.05, 4.69) is 98.7 Å². The number of cyclic esters (lactones) is 1. The number of aromatic hydroxyl groups is 1. The molecule has 0 spiro atoms. The molecule has 1 N–H and O–H groups in total. The standard InChI is InChI=1S/C26H36O3.C17H28O2.C17H18O2.C16H26O2.C13H18O2.C10H16O4.C10H14O/c1-4-20(2)22-10-16-26(17-11-22)29-21(3)27-18-19-28-25-14-12-24(13-15-25)23-8-6-5-7-9-23;1-5-16(2,3)15(18)19-17(4)13-7-11-6-12(9-13)10-14(17)8-11;1-3-13(2)14-9-11-16(12-10-14)19-17(18)15-7-5-4-6-8-15;1-4-15(2,3)14(17)18-16-8-11-5-12(9-16)7-13(6-11)10-16;1-4-10(2)13(14)15-11(3)12-8-6-5-7-9-12;1-4-10(2,3)9(12)14-7-5-6-13-8(7)11;1-3-8(2)9-4-6-10(11)7-5-9/h10-17,20-21,23H,4-9,18-19H2,1-3H3;11-14H,5-10H2,1-4H3;4-13H,3H2,1-2H3;11-13H,4-10H2,1-3H3;5-11H,4H2,1-3H3;7H,4-6H2,1-3H3;4-8,11H,3H2,1-2H3. The molecule has 7 atom stereocenters. The number of carbonyl (C=O) groups excluding carboxylic acids is 6. The van der Waals surface area contributed by atoms with Gasteiger partial charge in [-0.1, -0.05) is 192 Å². The van der Waals surface area contributed by atoms with Crippen LogP contribution in [0.5, 0.6) is 23.0 Å². The SMILES string of the molecule is CCC(C)(C)C(=O)OC1(C)C2CC3CC(C2)CC1C3.CCC(C)(C)C(=O)OC12CC3CC(CC(C3)C1)C2.CCC(C)(C)C(=O)OC1CCOC1=O.CCC(C)C(=O)OC(C)c1ccccc1.CCC(C)c1ccc(O)cc1.CCC(C)c1ccc(OC(=O)c2ccccc2)cc1.CCC(C)c1ccc(OC(C)OCCOc2ccc(C3CCCCC3)cc2)cc1. The zero-order valence-corrected chi connectivity index (χ0v) is 79.8. The van der Waals surface area contributed by atoms with Crippen molar-refractivity contribution in [3.8, 4) is 23.0 Å². The lowest BCUT2D eigenvalue weighted by Crippen LogP contribution is -2.58. The molecule has 125 heavy (non-hydrogen) atoms. The predicted molar refractivity (Wildman–Crippen MR) is 499 cm³/mol. The van der Waals surface area contributed by atoms with E-state index in [9.17, 15) is 28.8 Å². The normalized spacial score (nSPS) is 23.9. The topological polar surface area (TPSA) is 206 Å². The highest BCUT2D eigenvalue weighted by molar-refractivity contribution is 5.91. The molecule has 6 aromatic rings. The maximum Gasteiger partial charge on any atom is 0.347 e. The Kier molecular flexibility index (Phi) is 39.6. The van der Waals surface area contributed by atoms with Gasteiger partial charge in [-0.15, -0.1) is 0 Å². The first-order valence-corrected chi connectivity index (χ1v) is 47.9. The summed E-state index contributed by atoms with van der Waals surface area (Å²) in [6.45, 7) is 42.1. The van der Waals surface area contributed by atoms with Crippen LogP contribution in [0.2, 0.25) is 0 Å². The van der Waals surface area contributed by atoms with E-state index in [1.165, 1.54) is 106 Å². The van der Waals surface area contributed by atoms with Crippen molar-refractivity contribution in [2.24, 2.45) is 63.6 Å². The number of benzene rings is 6. The van der Waals surface area contributed by atoms with Gasteiger partial charge < -0.3 is 47.7 Å². The highest BCUT2D eigenvalue weighted by atomic mass is 16.7. The van der Waals surface area contributed by atoms with E-state index in [0.717, 1.165) is 110 Å². The zero-order chi connectivity index (χ0) is 91.2. The van der Waals surface area contributed by atoms with Crippen LogP contribution in [0, 0.1) is 63.6 Å². The van der Waals surface area contributed by atoms with Crippen LogP contribution in [0.1, 0.15) is 361 Å². The third-order valence-electron chi connectivity index (χ3n) is 28.8. The number of carbonyl (C=O) groups is 6. The Morgan fingerprint density at radius 3 is 1.37 bits per heavy atom. The van der Waals surface area contributed by atoms with E-state index in [1.807, 2.05) is 159 Å². The van der Waals surface area contributed by atoms with Crippen LogP contribution in [0.4, 0.5) is 0 Å². The van der Waals surface area contributed by atoms with Crippen LogP contribution in [-0.2, 0) is 52.4 Å². The van der Waals surface area contributed by atoms with Gasteiger partial charge in [-0.3, -0.25) is 19.2 Å². The van der Waals surface area contributed by atoms with Crippen molar-refractivity contribution in [2.45, 2.75) is 346 Å². The number of hydrogen-bond acceptors (Lipinski definition) is 16. The Balaban J connectivity index is 0.000000184. The molecule has 10 fully saturated rings.